The van der Waals surface area contributed by atoms with Crippen molar-refractivity contribution >= 4 is 36.5 Å². The first kappa shape index (κ1) is 26.0. The smallest absolute Gasteiger partial charge is 0.320 e. The normalized spacial score (nSPS) is 14.8. The third kappa shape index (κ3) is 5.95. The third-order valence-corrected chi connectivity index (χ3v) is 5.50. The summed E-state index contributed by atoms with van der Waals surface area (Å²) in [7, 11) is 3.53. The average molecular weight is 488 g/mol. The Morgan fingerprint density at radius 3 is 2.70 bits per heavy atom. The second kappa shape index (κ2) is 11.5. The number of hydrogen-bond acceptors (Lipinski definition) is 5. The molecule has 3 aromatic rings. The summed E-state index contributed by atoms with van der Waals surface area (Å²) >= 11 is 0. The van der Waals surface area contributed by atoms with Crippen LogP contribution in [0.1, 0.15) is 22.4 Å². The van der Waals surface area contributed by atoms with Crippen molar-refractivity contribution in [2.45, 2.75) is 25.6 Å². The van der Waals surface area contributed by atoms with E-state index in [4.69, 9.17) is 0 Å². The monoisotopic (exact) mass is 487 g/mol. The zero-order valence-corrected chi connectivity index (χ0v) is 20.1. The summed E-state index contributed by atoms with van der Waals surface area (Å²) in [5.74, 6) is 0. The lowest BCUT2D eigenvalue weighted by Gasteiger charge is -2.34. The molecule has 1 aromatic carbocycles. The van der Waals surface area contributed by atoms with Crippen LogP contribution < -0.4 is 4.90 Å². The molecule has 3 heterocycles. The number of benzene rings is 1. The first-order chi connectivity index (χ1) is 15.0. The van der Waals surface area contributed by atoms with Crippen LogP contribution in [0.4, 0.5) is 10.5 Å². The first-order valence-electron chi connectivity index (χ1n) is 10.2. The molecule has 0 bridgehead atoms. The van der Waals surface area contributed by atoms with Crippen molar-refractivity contribution in [3.05, 3.63) is 77.6 Å². The number of carbonyl (C=O) groups excluding carboxylic acids is 1. The van der Waals surface area contributed by atoms with Crippen LogP contribution in [0.25, 0.3) is 0 Å². The minimum Gasteiger partial charge on any atom is -0.363 e. The minimum absolute atomic E-state index is 0. The summed E-state index contributed by atoms with van der Waals surface area (Å²) in [5, 5.41) is 9.42. The maximum atomic E-state index is 13.2. The molecule has 1 aliphatic heterocycles. The number of nitriles is 1. The van der Waals surface area contributed by atoms with Crippen molar-refractivity contribution in [3.8, 4) is 6.07 Å². The molecule has 0 unspecified atom stereocenters. The van der Waals surface area contributed by atoms with Gasteiger partial charge >= 0.3 is 6.03 Å². The fourth-order valence-electron chi connectivity index (χ4n) is 4.03. The molecule has 1 atom stereocenters. The third-order valence-electron chi connectivity index (χ3n) is 5.50. The number of amides is 2. The van der Waals surface area contributed by atoms with Crippen LogP contribution in [0.3, 0.4) is 0 Å². The zero-order chi connectivity index (χ0) is 21.8. The number of urea groups is 1. The molecule has 0 fully saturated rings. The highest BCUT2D eigenvalue weighted by atomic mass is 35.5. The van der Waals surface area contributed by atoms with E-state index in [2.05, 4.69) is 25.9 Å². The summed E-state index contributed by atoms with van der Waals surface area (Å²) in [4.78, 5) is 30.5. The standard InChI is InChI=1S/C23H25N7O.2ClH/c1-28(2)23(31)30-13-19-8-17(10-24)5-6-22(19)29(14-20-12-26-16-27-20)15-21(30)9-18-4-3-7-25-11-18;;/h3-8,11-12,16,21H,9,13-15H2,1-2H3,(H,26,27);2*1H/t21-;;/m1../s1. The Kier molecular flexibility index (Phi) is 9.09. The number of carbonyl (C=O) groups is 1. The van der Waals surface area contributed by atoms with Gasteiger partial charge in [0.25, 0.3) is 0 Å². The first-order valence-corrected chi connectivity index (χ1v) is 10.2. The van der Waals surface area contributed by atoms with Crippen molar-refractivity contribution in [2.75, 3.05) is 25.5 Å². The van der Waals surface area contributed by atoms with E-state index in [-0.39, 0.29) is 36.9 Å². The average Bonchev–Trinajstić information content (AvgIpc) is 3.24. The predicted octanol–water partition coefficient (Wildman–Crippen LogP) is 3.64. The van der Waals surface area contributed by atoms with E-state index in [9.17, 15) is 10.1 Å². The number of aromatic amines is 1. The van der Waals surface area contributed by atoms with Gasteiger partial charge in [-0.1, -0.05) is 6.07 Å². The van der Waals surface area contributed by atoms with E-state index in [1.165, 1.54) is 0 Å². The number of hydrogen-bond donors (Lipinski definition) is 1. The van der Waals surface area contributed by atoms with Crippen molar-refractivity contribution in [3.63, 3.8) is 0 Å². The Bertz CT molecular complexity index is 1080. The van der Waals surface area contributed by atoms with Gasteiger partial charge in [-0.05, 0) is 41.8 Å². The summed E-state index contributed by atoms with van der Waals surface area (Å²) in [6.45, 7) is 1.71. The number of fused-ring (bicyclic) bond motifs is 1. The Morgan fingerprint density at radius 2 is 2.06 bits per heavy atom. The molecule has 10 heteroatoms. The minimum atomic E-state index is -0.0695. The molecule has 0 radical (unpaired) electrons. The van der Waals surface area contributed by atoms with Gasteiger partial charge in [-0.15, -0.1) is 24.8 Å². The lowest BCUT2D eigenvalue weighted by molar-refractivity contribution is 0.147. The van der Waals surface area contributed by atoms with E-state index in [0.29, 0.717) is 31.6 Å². The maximum Gasteiger partial charge on any atom is 0.320 e. The molecular formula is C23H27Cl2N7O. The lowest BCUT2D eigenvalue weighted by Crippen LogP contribution is -2.49. The van der Waals surface area contributed by atoms with E-state index >= 15 is 0 Å². The van der Waals surface area contributed by atoms with Crippen molar-refractivity contribution in [2.24, 2.45) is 0 Å². The largest absolute Gasteiger partial charge is 0.363 e. The fraction of sp³-hybridized carbons (Fsp3) is 0.304. The van der Waals surface area contributed by atoms with Crippen LogP contribution >= 0.6 is 24.8 Å². The molecule has 0 saturated carbocycles. The van der Waals surface area contributed by atoms with Crippen molar-refractivity contribution in [1.82, 2.24) is 24.8 Å². The summed E-state index contributed by atoms with van der Waals surface area (Å²) in [5.41, 5.74) is 4.64. The van der Waals surface area contributed by atoms with E-state index in [0.717, 1.165) is 22.5 Å². The van der Waals surface area contributed by atoms with Gasteiger partial charge in [0.05, 0.1) is 36.2 Å². The number of pyridine rings is 1. The van der Waals surface area contributed by atoms with Gasteiger partial charge in [-0.3, -0.25) is 4.98 Å². The summed E-state index contributed by atoms with van der Waals surface area (Å²) in [6, 6.07) is 11.8. The van der Waals surface area contributed by atoms with Crippen LogP contribution in [0.5, 0.6) is 0 Å². The quantitative estimate of drug-likeness (QED) is 0.606. The van der Waals surface area contributed by atoms with E-state index in [1.54, 1.807) is 31.5 Å². The molecule has 1 aliphatic rings. The Hall–Kier alpha value is -3.28. The van der Waals surface area contributed by atoms with Crippen LogP contribution in [0.15, 0.2) is 55.2 Å². The molecule has 2 amide bonds. The van der Waals surface area contributed by atoms with Gasteiger partial charge in [-0.2, -0.15) is 5.26 Å². The van der Waals surface area contributed by atoms with Crippen molar-refractivity contribution < 1.29 is 4.79 Å². The molecule has 4 rings (SSSR count). The molecule has 2 aromatic heterocycles. The second-order valence-corrected chi connectivity index (χ2v) is 7.94. The van der Waals surface area contributed by atoms with Gasteiger partial charge in [0.1, 0.15) is 0 Å². The van der Waals surface area contributed by atoms with Gasteiger partial charge in [0.2, 0.25) is 0 Å². The topological polar surface area (TPSA) is 92.2 Å². The molecule has 0 aliphatic carbocycles. The van der Waals surface area contributed by atoms with Gasteiger partial charge in [0.15, 0.2) is 0 Å². The molecule has 33 heavy (non-hydrogen) atoms. The Morgan fingerprint density at radius 1 is 1.24 bits per heavy atom. The Labute approximate surface area is 206 Å². The molecule has 1 N–H and O–H groups in total. The number of imidazole rings is 1. The number of H-pyrrole nitrogens is 1. The Balaban J connectivity index is 0.00000193. The number of anilines is 1. The van der Waals surface area contributed by atoms with Crippen molar-refractivity contribution in [1.29, 1.82) is 5.26 Å². The second-order valence-electron chi connectivity index (χ2n) is 7.94. The van der Waals surface area contributed by atoms with Gasteiger partial charge in [0, 0.05) is 51.5 Å². The SMILES string of the molecule is CN(C)C(=O)N1Cc2cc(C#N)ccc2N(Cc2cnc[nH]2)C[C@H]1Cc1cccnc1.Cl.Cl. The van der Waals surface area contributed by atoms with Gasteiger partial charge in [-0.25, -0.2) is 9.78 Å². The number of aromatic nitrogens is 3. The van der Waals surface area contributed by atoms with Crippen LogP contribution in [-0.2, 0) is 19.5 Å². The molecule has 0 saturated heterocycles. The fourth-order valence-corrected chi connectivity index (χ4v) is 4.03. The molecule has 0 spiro atoms. The van der Waals surface area contributed by atoms with Crippen LogP contribution in [0, 0.1) is 11.3 Å². The van der Waals surface area contributed by atoms with E-state index in [1.807, 2.05) is 47.6 Å². The highest BCUT2D eigenvalue weighted by Crippen LogP contribution is 2.31. The maximum absolute atomic E-state index is 13.2. The molecule has 174 valence electrons. The van der Waals surface area contributed by atoms with Crippen LogP contribution in [0.2, 0.25) is 0 Å². The van der Waals surface area contributed by atoms with Crippen LogP contribution in [-0.4, -0.2) is 57.5 Å². The number of halogens is 2. The highest BCUT2D eigenvalue weighted by molar-refractivity contribution is 5.85. The van der Waals surface area contributed by atoms with E-state index < -0.39 is 0 Å². The zero-order valence-electron chi connectivity index (χ0n) is 18.5. The van der Waals surface area contributed by atoms with Gasteiger partial charge < -0.3 is 19.7 Å². The highest BCUT2D eigenvalue weighted by Gasteiger charge is 2.32. The molecular weight excluding hydrogens is 461 g/mol. The summed E-state index contributed by atoms with van der Waals surface area (Å²) in [6.07, 6.45) is 7.77. The number of nitrogens with zero attached hydrogens (tertiary/aromatic N) is 6. The molecule has 8 nitrogen and oxygen atoms in total. The predicted molar refractivity (Wildman–Crippen MR) is 132 cm³/mol. The number of nitrogens with one attached hydrogen (secondary N) is 1. The lowest BCUT2D eigenvalue weighted by atomic mass is 10.1. The number of rotatable bonds is 4. The summed E-state index contributed by atoms with van der Waals surface area (Å²) < 4.78 is 0.